The second-order valence-electron chi connectivity index (χ2n) is 18.1. The van der Waals surface area contributed by atoms with Gasteiger partial charge in [-0.1, -0.05) is 11.6 Å². The Morgan fingerprint density at radius 3 is 2.48 bits per heavy atom. The van der Waals surface area contributed by atoms with E-state index in [0.29, 0.717) is 30.1 Å². The number of aryl methyl sites for hydroxylation is 2. The van der Waals surface area contributed by atoms with Crippen molar-refractivity contribution in [2.24, 2.45) is 25.4 Å². The van der Waals surface area contributed by atoms with Gasteiger partial charge < -0.3 is 29.7 Å². The number of hydrogen-bond acceptors (Lipinski definition) is 12. The van der Waals surface area contributed by atoms with E-state index < -0.39 is 35.9 Å². The molecule has 1 spiro atoms. The number of benzene rings is 2. The summed E-state index contributed by atoms with van der Waals surface area (Å²) >= 11 is 6.53. The number of carbonyl (C=O) groups excluding carboxylic acids is 2. The average Bonchev–Trinajstić information content (AvgIpc) is 3.51. The van der Waals surface area contributed by atoms with Crippen molar-refractivity contribution in [3.05, 3.63) is 63.4 Å². The van der Waals surface area contributed by atoms with Crippen molar-refractivity contribution < 1.29 is 27.5 Å². The first-order valence-electron chi connectivity index (χ1n) is 21.6. The Labute approximate surface area is 365 Å². The number of nitrogens with one attached hydrogen (secondary N) is 3. The number of aromatic nitrogens is 5. The molecule has 4 fully saturated rings. The monoisotopic (exact) mass is 887 g/mol. The fourth-order valence-corrected chi connectivity index (χ4v) is 10.3. The number of anilines is 5. The van der Waals surface area contributed by atoms with Crippen LogP contribution in [0.25, 0.3) is 21.8 Å². The highest BCUT2D eigenvalue weighted by molar-refractivity contribution is 6.33. The smallest absolute Gasteiger partial charge is 0.300 e. The van der Waals surface area contributed by atoms with Crippen LogP contribution in [-0.2, 0) is 23.7 Å². The molecule has 63 heavy (non-hydrogen) atoms. The molecular formula is C44H49ClF3N11O4. The summed E-state index contributed by atoms with van der Waals surface area (Å²) in [6.07, 6.45) is 6.83. The van der Waals surface area contributed by atoms with Crippen LogP contribution < -0.4 is 36.0 Å². The number of nitrogens with zero attached hydrogens (tertiary/aromatic N) is 8. The molecule has 2 amide bonds. The summed E-state index contributed by atoms with van der Waals surface area (Å²) in [4.78, 5) is 53.7. The first-order chi connectivity index (χ1) is 30.1. The second kappa shape index (κ2) is 15.6. The summed E-state index contributed by atoms with van der Waals surface area (Å²) in [5.41, 5.74) is 2.65. The predicted molar refractivity (Wildman–Crippen MR) is 234 cm³/mol. The van der Waals surface area contributed by atoms with E-state index in [2.05, 4.69) is 58.8 Å². The number of amides is 2. The number of piperazine rings is 1. The van der Waals surface area contributed by atoms with Gasteiger partial charge >= 0.3 is 5.92 Å². The Morgan fingerprint density at radius 1 is 0.968 bits per heavy atom. The van der Waals surface area contributed by atoms with E-state index >= 15 is 4.39 Å². The first kappa shape index (κ1) is 41.4. The van der Waals surface area contributed by atoms with Crippen LogP contribution in [0.1, 0.15) is 57.1 Å². The standard InChI is InChI=1S/C44H49ClF3N11O4/c1-24-44(47,48)23-63-38-37(50-24)29-17-32(31(46)18-33(29)55(2)41(38)62)51-39-30(45)19-49-42(53-39)59-21-43(22-59)10-8-25(9-11-43)20-57-12-14-58(15-13-57)26-4-5-27-34(16-26)56(3)54-36(27)28-6-7-35(60)52-40(28)61/h4-5,16-19,24-25,28,50H,6-15,20-23H2,1-3H3,(H,49,51,53)(H,52,60,61)/t24-,28?/m0/s1. The fraction of sp³-hybridized carbons (Fsp3) is 0.500. The number of halogens is 4. The Morgan fingerprint density at radius 2 is 1.73 bits per heavy atom. The van der Waals surface area contributed by atoms with Crippen LogP contribution in [0.4, 0.5) is 42.0 Å². The summed E-state index contributed by atoms with van der Waals surface area (Å²) in [6.45, 7) is 6.87. The number of piperidine rings is 1. The quantitative estimate of drug-likeness (QED) is 0.166. The van der Waals surface area contributed by atoms with Crippen LogP contribution in [0.3, 0.4) is 0 Å². The van der Waals surface area contributed by atoms with Gasteiger partial charge in [0.1, 0.15) is 10.8 Å². The van der Waals surface area contributed by atoms with Gasteiger partial charge in [0.05, 0.1) is 46.3 Å². The van der Waals surface area contributed by atoms with Gasteiger partial charge in [-0.3, -0.25) is 29.3 Å². The van der Waals surface area contributed by atoms with Crippen LogP contribution in [-0.4, -0.2) is 105 Å². The maximum atomic E-state index is 15.7. The number of rotatable bonds is 7. The van der Waals surface area contributed by atoms with Gasteiger partial charge in [-0.2, -0.15) is 10.1 Å². The predicted octanol–water partition coefficient (Wildman–Crippen LogP) is 5.92. The maximum absolute atomic E-state index is 15.7. The molecule has 3 N–H and O–H groups in total. The van der Waals surface area contributed by atoms with E-state index in [-0.39, 0.29) is 50.7 Å². The Hall–Kier alpha value is -5.62. The Bertz CT molecular complexity index is 2720. The number of ether oxygens (including phenoxy) is 1. The van der Waals surface area contributed by atoms with Gasteiger partial charge in [0.25, 0.3) is 5.56 Å². The third-order valence-electron chi connectivity index (χ3n) is 14.0. The minimum absolute atomic E-state index is 0.00605. The Balaban J connectivity index is 0.741. The molecule has 5 aliphatic rings. The second-order valence-corrected chi connectivity index (χ2v) is 18.5. The highest BCUT2D eigenvalue weighted by Gasteiger charge is 2.46. The SMILES string of the molecule is C[C@@H]1Nc2c(c(=O)n(C)c3cc(F)c(Nc4nc(N5CC6(CCC(CN7CCN(c8ccc9c(C%10CCC(=O)NC%10=O)nn(C)c9c8)CC7)CC6)C5)ncc4Cl)cc23)OCC1(F)F. The van der Waals surface area contributed by atoms with Crippen LogP contribution in [0.5, 0.6) is 5.75 Å². The molecule has 4 aliphatic heterocycles. The lowest BCUT2D eigenvalue weighted by molar-refractivity contribution is -0.134. The molecule has 3 saturated heterocycles. The van der Waals surface area contributed by atoms with Gasteiger partial charge in [-0.15, -0.1) is 0 Å². The Kier molecular flexibility index (Phi) is 10.2. The van der Waals surface area contributed by atoms with Crippen LogP contribution in [0, 0.1) is 17.2 Å². The third kappa shape index (κ3) is 7.47. The van der Waals surface area contributed by atoms with Crippen molar-refractivity contribution in [2.75, 3.05) is 72.9 Å². The zero-order valence-corrected chi connectivity index (χ0v) is 36.1. The molecule has 0 radical (unpaired) electrons. The van der Waals surface area contributed by atoms with Crippen LogP contribution in [0.15, 0.2) is 41.3 Å². The molecule has 5 aromatic rings. The summed E-state index contributed by atoms with van der Waals surface area (Å²) in [5, 5.41) is 14.3. The summed E-state index contributed by atoms with van der Waals surface area (Å²) in [7, 11) is 3.34. The zero-order valence-electron chi connectivity index (χ0n) is 35.3. The molecule has 1 unspecified atom stereocenters. The molecule has 19 heteroatoms. The van der Waals surface area contributed by atoms with Crippen LogP contribution >= 0.6 is 11.6 Å². The van der Waals surface area contributed by atoms with Crippen molar-refractivity contribution in [3.8, 4) is 5.75 Å². The van der Waals surface area contributed by atoms with Gasteiger partial charge in [0.15, 0.2) is 12.4 Å². The molecule has 7 heterocycles. The van der Waals surface area contributed by atoms with E-state index in [4.69, 9.17) is 21.4 Å². The molecule has 2 aromatic carbocycles. The third-order valence-corrected chi connectivity index (χ3v) is 14.3. The van der Waals surface area contributed by atoms with E-state index in [1.165, 1.54) is 36.9 Å². The van der Waals surface area contributed by atoms with Crippen molar-refractivity contribution in [1.29, 1.82) is 0 Å². The normalized spacial score (nSPS) is 22.7. The van der Waals surface area contributed by atoms with Gasteiger partial charge in [-0.25, -0.2) is 18.2 Å². The molecule has 10 rings (SSSR count). The zero-order chi connectivity index (χ0) is 43.9. The van der Waals surface area contributed by atoms with Crippen LogP contribution in [0.2, 0.25) is 5.02 Å². The minimum atomic E-state index is -3.25. The topological polar surface area (TPSA) is 155 Å². The molecule has 332 valence electrons. The molecule has 3 aromatic heterocycles. The number of alkyl halides is 2. The number of pyridine rings is 1. The fourth-order valence-electron chi connectivity index (χ4n) is 10.2. The van der Waals surface area contributed by atoms with Crippen molar-refractivity contribution in [1.82, 2.24) is 34.5 Å². The molecule has 0 bridgehead atoms. The molecule has 2 atom stereocenters. The number of carbonyl (C=O) groups is 2. The van der Waals surface area contributed by atoms with E-state index in [1.54, 1.807) is 0 Å². The molecular weight excluding hydrogens is 839 g/mol. The van der Waals surface area contributed by atoms with Gasteiger partial charge in [0.2, 0.25) is 23.5 Å². The van der Waals surface area contributed by atoms with E-state index in [0.717, 1.165) is 93.8 Å². The van der Waals surface area contributed by atoms with Crippen molar-refractivity contribution >= 4 is 74.0 Å². The minimum Gasteiger partial charge on any atom is -0.480 e. The van der Waals surface area contributed by atoms with E-state index in [1.807, 2.05) is 11.7 Å². The highest BCUT2D eigenvalue weighted by atomic mass is 35.5. The highest BCUT2D eigenvalue weighted by Crippen LogP contribution is 2.47. The lowest BCUT2D eigenvalue weighted by Crippen LogP contribution is -2.58. The van der Waals surface area contributed by atoms with E-state index in [9.17, 15) is 23.2 Å². The summed E-state index contributed by atoms with van der Waals surface area (Å²) in [6, 6.07) is 7.61. The first-order valence-corrected chi connectivity index (χ1v) is 22.0. The summed E-state index contributed by atoms with van der Waals surface area (Å²) in [5.74, 6) is -3.81. The number of imide groups is 1. The number of hydrogen-bond donors (Lipinski definition) is 3. The van der Waals surface area contributed by atoms with Gasteiger partial charge in [-0.05, 0) is 69.2 Å². The summed E-state index contributed by atoms with van der Waals surface area (Å²) < 4.78 is 53.2. The number of fused-ring (bicyclic) bond motifs is 4. The largest absolute Gasteiger partial charge is 0.480 e. The molecule has 1 aliphatic carbocycles. The van der Waals surface area contributed by atoms with Gasteiger partial charge in [0, 0.05) is 94.3 Å². The lowest BCUT2D eigenvalue weighted by Gasteiger charge is -2.54. The lowest BCUT2D eigenvalue weighted by atomic mass is 9.66. The van der Waals surface area contributed by atoms with Crippen molar-refractivity contribution in [3.63, 3.8) is 0 Å². The molecule has 1 saturated carbocycles. The van der Waals surface area contributed by atoms with Crippen molar-refractivity contribution in [2.45, 2.75) is 63.3 Å². The average molecular weight is 888 g/mol. The molecule has 15 nitrogen and oxygen atoms in total. The maximum Gasteiger partial charge on any atom is 0.300 e.